The summed E-state index contributed by atoms with van der Waals surface area (Å²) in [5.41, 5.74) is 0.385. The summed E-state index contributed by atoms with van der Waals surface area (Å²) in [7, 11) is 1.81. The number of carbonyl (C=O) groups excluding carboxylic acids is 1. The van der Waals surface area contributed by atoms with Gasteiger partial charge in [-0.25, -0.2) is 4.98 Å². The smallest absolute Gasteiger partial charge is 0.274 e. The van der Waals surface area contributed by atoms with Crippen LogP contribution in [0.4, 0.5) is 5.82 Å². The highest BCUT2D eigenvalue weighted by Crippen LogP contribution is 2.12. The van der Waals surface area contributed by atoms with Crippen LogP contribution in [0.2, 0.25) is 0 Å². The predicted octanol–water partition coefficient (Wildman–Crippen LogP) is 2.42. The minimum atomic E-state index is -0.0890. The molecule has 0 aliphatic carbocycles. The van der Waals surface area contributed by atoms with E-state index in [-0.39, 0.29) is 11.9 Å². The fraction of sp³-hybridized carbons (Fsp3) is 0.643. The lowest BCUT2D eigenvalue weighted by Gasteiger charge is -2.27. The third-order valence-corrected chi connectivity index (χ3v) is 3.31. The van der Waals surface area contributed by atoms with Gasteiger partial charge in [0.25, 0.3) is 5.91 Å². The first-order chi connectivity index (χ1) is 8.97. The number of rotatable bonds is 6. The summed E-state index contributed by atoms with van der Waals surface area (Å²) in [6, 6.07) is 0.168. The van der Waals surface area contributed by atoms with Crippen LogP contribution in [0.15, 0.2) is 12.4 Å². The Morgan fingerprint density at radius 1 is 1.37 bits per heavy atom. The zero-order valence-corrected chi connectivity index (χ0v) is 12.5. The average Bonchev–Trinajstić information content (AvgIpc) is 2.42. The summed E-state index contributed by atoms with van der Waals surface area (Å²) in [6.45, 7) is 9.13. The van der Waals surface area contributed by atoms with Gasteiger partial charge in [0.1, 0.15) is 11.5 Å². The monoisotopic (exact) mass is 264 g/mol. The van der Waals surface area contributed by atoms with Gasteiger partial charge in [-0.1, -0.05) is 20.8 Å². The average molecular weight is 264 g/mol. The van der Waals surface area contributed by atoms with Crippen LogP contribution in [-0.4, -0.2) is 40.4 Å². The number of anilines is 1. The maximum absolute atomic E-state index is 12.3. The number of nitrogens with zero attached hydrogens (tertiary/aromatic N) is 3. The third-order valence-electron chi connectivity index (χ3n) is 3.31. The summed E-state index contributed by atoms with van der Waals surface area (Å²) in [5.74, 6) is 0.968. The van der Waals surface area contributed by atoms with Gasteiger partial charge >= 0.3 is 0 Å². The van der Waals surface area contributed by atoms with Crippen molar-refractivity contribution in [2.24, 2.45) is 5.92 Å². The number of hydrogen-bond donors (Lipinski definition) is 1. The number of amides is 1. The number of hydrogen-bond acceptors (Lipinski definition) is 4. The fourth-order valence-corrected chi connectivity index (χ4v) is 1.62. The maximum atomic E-state index is 12.3. The van der Waals surface area contributed by atoms with Gasteiger partial charge in [0.15, 0.2) is 0 Å². The molecule has 1 rings (SSSR count). The largest absolute Gasteiger partial charge is 0.369 e. The fourth-order valence-electron chi connectivity index (χ4n) is 1.62. The van der Waals surface area contributed by atoms with E-state index in [9.17, 15) is 4.79 Å². The van der Waals surface area contributed by atoms with Crippen molar-refractivity contribution >= 4 is 11.7 Å². The molecule has 1 aromatic rings. The van der Waals surface area contributed by atoms with Crippen molar-refractivity contribution in [3.05, 3.63) is 18.1 Å². The van der Waals surface area contributed by atoms with E-state index < -0.39 is 0 Å². The summed E-state index contributed by atoms with van der Waals surface area (Å²) >= 11 is 0. The van der Waals surface area contributed by atoms with E-state index in [0.717, 1.165) is 13.0 Å². The molecule has 0 aliphatic rings. The van der Waals surface area contributed by atoms with Crippen LogP contribution >= 0.6 is 0 Å². The molecule has 0 aromatic carbocycles. The number of carbonyl (C=O) groups is 1. The molecule has 1 atom stereocenters. The highest BCUT2D eigenvalue weighted by molar-refractivity contribution is 5.92. The van der Waals surface area contributed by atoms with Crippen molar-refractivity contribution in [1.82, 2.24) is 14.9 Å². The van der Waals surface area contributed by atoms with Crippen molar-refractivity contribution in [1.29, 1.82) is 0 Å². The molecule has 5 nitrogen and oxygen atoms in total. The van der Waals surface area contributed by atoms with E-state index in [2.05, 4.69) is 36.1 Å². The van der Waals surface area contributed by atoms with Crippen molar-refractivity contribution in [3.8, 4) is 0 Å². The van der Waals surface area contributed by atoms with Gasteiger partial charge < -0.3 is 10.2 Å². The summed E-state index contributed by atoms with van der Waals surface area (Å²) in [6.07, 6.45) is 4.16. The highest BCUT2D eigenvalue weighted by Gasteiger charge is 2.21. The second-order valence-electron chi connectivity index (χ2n) is 5.12. The van der Waals surface area contributed by atoms with Gasteiger partial charge in [0.05, 0.1) is 12.4 Å². The first kappa shape index (κ1) is 15.4. The Bertz CT molecular complexity index is 420. The van der Waals surface area contributed by atoms with Gasteiger partial charge in [0.2, 0.25) is 0 Å². The highest BCUT2D eigenvalue weighted by atomic mass is 16.2. The van der Waals surface area contributed by atoms with Gasteiger partial charge in [-0.15, -0.1) is 0 Å². The summed E-state index contributed by atoms with van der Waals surface area (Å²) in [4.78, 5) is 22.4. The predicted molar refractivity (Wildman–Crippen MR) is 77.2 cm³/mol. The lowest BCUT2D eigenvalue weighted by Crippen LogP contribution is -2.38. The van der Waals surface area contributed by atoms with Crippen LogP contribution in [0.3, 0.4) is 0 Å². The van der Waals surface area contributed by atoms with Gasteiger partial charge in [-0.05, 0) is 19.3 Å². The Hall–Kier alpha value is -1.65. The quantitative estimate of drug-likeness (QED) is 0.857. The second-order valence-corrected chi connectivity index (χ2v) is 5.12. The first-order valence-corrected chi connectivity index (χ1v) is 6.80. The van der Waals surface area contributed by atoms with Gasteiger partial charge in [-0.3, -0.25) is 9.78 Å². The first-order valence-electron chi connectivity index (χ1n) is 6.80. The molecule has 1 aromatic heterocycles. The van der Waals surface area contributed by atoms with Crippen molar-refractivity contribution in [3.63, 3.8) is 0 Å². The molecule has 1 N–H and O–H groups in total. The third kappa shape index (κ3) is 4.19. The minimum absolute atomic E-state index is 0.0890. The lowest BCUT2D eigenvalue weighted by molar-refractivity contribution is 0.0701. The van der Waals surface area contributed by atoms with Gasteiger partial charge in [0, 0.05) is 19.6 Å². The molecule has 0 spiro atoms. The van der Waals surface area contributed by atoms with E-state index in [1.165, 1.54) is 6.20 Å². The van der Waals surface area contributed by atoms with Crippen molar-refractivity contribution in [2.45, 2.75) is 40.2 Å². The Morgan fingerprint density at radius 2 is 2.05 bits per heavy atom. The molecule has 106 valence electrons. The van der Waals surface area contributed by atoms with E-state index in [1.54, 1.807) is 18.1 Å². The normalized spacial score (nSPS) is 12.3. The molecule has 0 saturated carbocycles. The van der Waals surface area contributed by atoms with E-state index in [1.807, 2.05) is 6.92 Å². The Kier molecular flexibility index (Phi) is 5.73. The molecule has 0 radical (unpaired) electrons. The van der Waals surface area contributed by atoms with E-state index in [4.69, 9.17) is 0 Å². The molecule has 0 fully saturated rings. The molecule has 0 saturated heterocycles. The van der Waals surface area contributed by atoms with Crippen molar-refractivity contribution in [2.75, 3.05) is 18.9 Å². The van der Waals surface area contributed by atoms with Gasteiger partial charge in [-0.2, -0.15) is 0 Å². The molecule has 19 heavy (non-hydrogen) atoms. The molecule has 0 aliphatic heterocycles. The van der Waals surface area contributed by atoms with E-state index in [0.29, 0.717) is 17.4 Å². The van der Waals surface area contributed by atoms with E-state index >= 15 is 0 Å². The summed E-state index contributed by atoms with van der Waals surface area (Å²) in [5, 5.41) is 3.14. The maximum Gasteiger partial charge on any atom is 0.274 e. The number of nitrogens with one attached hydrogen (secondary N) is 1. The Morgan fingerprint density at radius 3 is 2.63 bits per heavy atom. The molecule has 5 heteroatoms. The topological polar surface area (TPSA) is 58.1 Å². The zero-order chi connectivity index (χ0) is 14.4. The minimum Gasteiger partial charge on any atom is -0.369 e. The Labute approximate surface area is 115 Å². The molecule has 1 unspecified atom stereocenters. The second kappa shape index (κ2) is 7.07. The van der Waals surface area contributed by atoms with Crippen LogP contribution < -0.4 is 5.32 Å². The molecular formula is C14H24N4O. The van der Waals surface area contributed by atoms with Crippen molar-refractivity contribution < 1.29 is 4.79 Å². The van der Waals surface area contributed by atoms with Crippen LogP contribution in [0.1, 0.15) is 44.6 Å². The van der Waals surface area contributed by atoms with Crippen LogP contribution in [0.25, 0.3) is 0 Å². The standard InChI is InChI=1S/C14H24N4O/c1-6-7-16-13-9-15-8-12(17-13)14(19)18(5)11(4)10(2)3/h8-11H,6-7H2,1-5H3,(H,16,17). The SMILES string of the molecule is CCCNc1cncc(C(=O)N(C)C(C)C(C)C)n1. The van der Waals surface area contributed by atoms with Crippen LogP contribution in [0.5, 0.6) is 0 Å². The molecule has 1 heterocycles. The lowest BCUT2D eigenvalue weighted by atomic mass is 10.1. The molecular weight excluding hydrogens is 240 g/mol. The Balaban J connectivity index is 2.81. The van der Waals surface area contributed by atoms with Crippen LogP contribution in [0, 0.1) is 5.92 Å². The molecule has 1 amide bonds. The molecule has 0 bridgehead atoms. The van der Waals surface area contributed by atoms with Crippen LogP contribution in [-0.2, 0) is 0 Å². The summed E-state index contributed by atoms with van der Waals surface area (Å²) < 4.78 is 0. The zero-order valence-electron chi connectivity index (χ0n) is 12.5. The number of aromatic nitrogens is 2.